The van der Waals surface area contributed by atoms with E-state index in [9.17, 15) is 0 Å². The molecule has 0 saturated heterocycles. The molecule has 0 radical (unpaired) electrons. The number of anilines is 1. The Morgan fingerprint density at radius 1 is 1.11 bits per heavy atom. The normalized spacial score (nSPS) is 10.7. The van der Waals surface area contributed by atoms with E-state index in [4.69, 9.17) is 11.6 Å². The van der Waals surface area contributed by atoms with Crippen LogP contribution in [0.25, 0.3) is 5.52 Å². The van der Waals surface area contributed by atoms with Gasteiger partial charge in [0.1, 0.15) is 0 Å². The van der Waals surface area contributed by atoms with Crippen LogP contribution in [0.4, 0.5) is 5.69 Å². The standard InChI is InChI=1S/C14H12ClN3/c15-12-1-3-13(4-2-12)16-10-11-6-8-18-14(9-11)5-7-17-18/h1-9,16H,10H2. The van der Waals surface area contributed by atoms with Crippen LogP contribution in [0.15, 0.2) is 54.9 Å². The van der Waals surface area contributed by atoms with Crippen molar-refractivity contribution in [2.24, 2.45) is 0 Å². The smallest absolute Gasteiger partial charge is 0.0664 e. The molecule has 2 heterocycles. The highest BCUT2D eigenvalue weighted by Gasteiger charge is 1.97. The molecule has 0 aliphatic rings. The lowest BCUT2D eigenvalue weighted by atomic mass is 10.2. The lowest BCUT2D eigenvalue weighted by Crippen LogP contribution is -2.00. The lowest BCUT2D eigenvalue weighted by Gasteiger charge is -2.07. The first kappa shape index (κ1) is 11.1. The Kier molecular flexibility index (Phi) is 2.90. The van der Waals surface area contributed by atoms with Crippen LogP contribution < -0.4 is 5.32 Å². The summed E-state index contributed by atoms with van der Waals surface area (Å²) in [6, 6.07) is 13.9. The topological polar surface area (TPSA) is 29.3 Å². The SMILES string of the molecule is Clc1ccc(NCc2ccn3nccc3c2)cc1. The minimum Gasteiger partial charge on any atom is -0.381 e. The summed E-state index contributed by atoms with van der Waals surface area (Å²) in [5.74, 6) is 0. The Labute approximate surface area is 110 Å². The summed E-state index contributed by atoms with van der Waals surface area (Å²) in [7, 11) is 0. The van der Waals surface area contributed by atoms with E-state index in [0.717, 1.165) is 22.8 Å². The highest BCUT2D eigenvalue weighted by atomic mass is 35.5. The van der Waals surface area contributed by atoms with Gasteiger partial charge < -0.3 is 5.32 Å². The maximum atomic E-state index is 5.84. The highest BCUT2D eigenvalue weighted by Crippen LogP contribution is 2.15. The number of hydrogen-bond donors (Lipinski definition) is 1. The van der Waals surface area contributed by atoms with E-state index < -0.39 is 0 Å². The Morgan fingerprint density at radius 3 is 2.78 bits per heavy atom. The number of fused-ring (bicyclic) bond motifs is 1. The number of nitrogens with zero attached hydrogens (tertiary/aromatic N) is 2. The summed E-state index contributed by atoms with van der Waals surface area (Å²) in [6.45, 7) is 0.781. The van der Waals surface area contributed by atoms with Gasteiger partial charge in [-0.25, -0.2) is 4.52 Å². The van der Waals surface area contributed by atoms with Crippen molar-refractivity contribution in [2.75, 3.05) is 5.32 Å². The zero-order chi connectivity index (χ0) is 12.4. The van der Waals surface area contributed by atoms with E-state index in [2.05, 4.69) is 22.5 Å². The Balaban J connectivity index is 1.74. The summed E-state index contributed by atoms with van der Waals surface area (Å²) in [5, 5.41) is 8.28. The fraction of sp³-hybridized carbons (Fsp3) is 0.0714. The third kappa shape index (κ3) is 2.31. The first-order valence-corrected chi connectivity index (χ1v) is 6.11. The summed E-state index contributed by atoms with van der Waals surface area (Å²) in [6.07, 6.45) is 3.76. The predicted octanol–water partition coefficient (Wildman–Crippen LogP) is 3.60. The van der Waals surface area contributed by atoms with Crippen molar-refractivity contribution in [1.82, 2.24) is 9.61 Å². The largest absolute Gasteiger partial charge is 0.381 e. The van der Waals surface area contributed by atoms with E-state index >= 15 is 0 Å². The molecular formula is C14H12ClN3. The molecule has 3 rings (SSSR count). The van der Waals surface area contributed by atoms with Gasteiger partial charge in [0.15, 0.2) is 0 Å². The molecule has 1 aromatic carbocycles. The highest BCUT2D eigenvalue weighted by molar-refractivity contribution is 6.30. The average Bonchev–Trinajstić information content (AvgIpc) is 2.85. The van der Waals surface area contributed by atoms with E-state index in [1.807, 2.05) is 41.0 Å². The van der Waals surface area contributed by atoms with Crippen LogP contribution in [0, 0.1) is 0 Å². The van der Waals surface area contributed by atoms with Gasteiger partial charge in [-0.1, -0.05) is 11.6 Å². The zero-order valence-corrected chi connectivity index (χ0v) is 10.4. The van der Waals surface area contributed by atoms with E-state index in [1.165, 1.54) is 5.56 Å². The van der Waals surface area contributed by atoms with Crippen molar-refractivity contribution in [3.8, 4) is 0 Å². The van der Waals surface area contributed by atoms with Crippen LogP contribution in [-0.4, -0.2) is 9.61 Å². The van der Waals surface area contributed by atoms with Crippen LogP contribution in [0.5, 0.6) is 0 Å². The van der Waals surface area contributed by atoms with Crippen molar-refractivity contribution < 1.29 is 0 Å². The van der Waals surface area contributed by atoms with Gasteiger partial charge in [0.2, 0.25) is 0 Å². The number of nitrogens with one attached hydrogen (secondary N) is 1. The summed E-state index contributed by atoms with van der Waals surface area (Å²) < 4.78 is 1.85. The molecular weight excluding hydrogens is 246 g/mol. The monoisotopic (exact) mass is 257 g/mol. The Bertz CT molecular complexity index is 658. The molecule has 18 heavy (non-hydrogen) atoms. The summed E-state index contributed by atoms with van der Waals surface area (Å²) in [4.78, 5) is 0. The molecule has 1 N–H and O–H groups in total. The lowest BCUT2D eigenvalue weighted by molar-refractivity contribution is 0.952. The second-order valence-corrected chi connectivity index (χ2v) is 4.53. The molecule has 3 aromatic rings. The number of halogens is 1. The summed E-state index contributed by atoms with van der Waals surface area (Å²) in [5.41, 5.74) is 3.39. The molecule has 0 fully saturated rings. The number of rotatable bonds is 3. The minimum atomic E-state index is 0.751. The third-order valence-electron chi connectivity index (χ3n) is 2.80. The zero-order valence-electron chi connectivity index (χ0n) is 9.68. The van der Waals surface area contributed by atoms with Gasteiger partial charge in [-0.2, -0.15) is 5.10 Å². The molecule has 90 valence electrons. The maximum Gasteiger partial charge on any atom is 0.0664 e. The molecule has 0 unspecified atom stereocenters. The second-order valence-electron chi connectivity index (χ2n) is 4.10. The quantitative estimate of drug-likeness (QED) is 0.777. The number of hydrogen-bond acceptors (Lipinski definition) is 2. The van der Waals surface area contributed by atoms with Crippen LogP contribution in [-0.2, 0) is 6.54 Å². The Morgan fingerprint density at radius 2 is 1.94 bits per heavy atom. The minimum absolute atomic E-state index is 0.751. The number of aromatic nitrogens is 2. The molecule has 0 amide bonds. The molecule has 0 spiro atoms. The van der Waals surface area contributed by atoms with Crippen molar-refractivity contribution in [1.29, 1.82) is 0 Å². The van der Waals surface area contributed by atoms with Gasteiger partial charge in [-0.3, -0.25) is 0 Å². The first-order valence-electron chi connectivity index (χ1n) is 5.73. The van der Waals surface area contributed by atoms with Gasteiger partial charge in [0.05, 0.1) is 5.52 Å². The van der Waals surface area contributed by atoms with Crippen molar-refractivity contribution in [3.63, 3.8) is 0 Å². The van der Waals surface area contributed by atoms with Crippen LogP contribution >= 0.6 is 11.6 Å². The summed E-state index contributed by atoms with van der Waals surface area (Å²) >= 11 is 5.84. The average molecular weight is 258 g/mol. The van der Waals surface area contributed by atoms with Gasteiger partial charge in [0, 0.05) is 29.6 Å². The predicted molar refractivity (Wildman–Crippen MR) is 74.0 cm³/mol. The second kappa shape index (κ2) is 4.70. The molecule has 4 heteroatoms. The molecule has 0 atom stereocenters. The van der Waals surface area contributed by atoms with Gasteiger partial charge in [0.25, 0.3) is 0 Å². The molecule has 0 bridgehead atoms. The fourth-order valence-corrected chi connectivity index (χ4v) is 1.98. The van der Waals surface area contributed by atoms with Crippen LogP contribution in [0.2, 0.25) is 5.02 Å². The van der Waals surface area contributed by atoms with E-state index in [-0.39, 0.29) is 0 Å². The maximum absolute atomic E-state index is 5.84. The molecule has 3 nitrogen and oxygen atoms in total. The molecule has 0 aliphatic heterocycles. The molecule has 0 saturated carbocycles. The van der Waals surface area contributed by atoms with E-state index in [1.54, 1.807) is 6.20 Å². The number of benzene rings is 1. The van der Waals surface area contributed by atoms with Gasteiger partial charge in [-0.05, 0) is 48.0 Å². The Hall–Kier alpha value is -2.00. The van der Waals surface area contributed by atoms with Crippen molar-refractivity contribution >= 4 is 22.8 Å². The van der Waals surface area contributed by atoms with Crippen molar-refractivity contribution in [2.45, 2.75) is 6.54 Å². The number of pyridine rings is 1. The van der Waals surface area contributed by atoms with Crippen LogP contribution in [0.3, 0.4) is 0 Å². The molecule has 2 aromatic heterocycles. The fourth-order valence-electron chi connectivity index (χ4n) is 1.85. The van der Waals surface area contributed by atoms with Crippen LogP contribution in [0.1, 0.15) is 5.56 Å². The molecule has 0 aliphatic carbocycles. The third-order valence-corrected chi connectivity index (χ3v) is 3.06. The first-order chi connectivity index (χ1) is 8.81. The van der Waals surface area contributed by atoms with E-state index in [0.29, 0.717) is 0 Å². The van der Waals surface area contributed by atoms with Gasteiger partial charge in [-0.15, -0.1) is 0 Å². The van der Waals surface area contributed by atoms with Crippen molar-refractivity contribution in [3.05, 3.63) is 65.4 Å². The van der Waals surface area contributed by atoms with Gasteiger partial charge >= 0.3 is 0 Å².